The Morgan fingerprint density at radius 1 is 1.17 bits per heavy atom. The molecule has 0 amide bonds. The van der Waals surface area contributed by atoms with Gasteiger partial charge in [0, 0.05) is 24.9 Å². The molecule has 0 saturated heterocycles. The maximum atomic E-state index is 12.1. The molecule has 0 unspecified atom stereocenters. The Morgan fingerprint density at radius 3 is 2.67 bits per heavy atom. The number of hydrogen-bond acceptors (Lipinski definition) is 5. The third-order valence-corrected chi connectivity index (χ3v) is 2.84. The number of ketones is 3. The predicted octanol–water partition coefficient (Wildman–Crippen LogP) is 1.65. The molecule has 0 atom stereocenters. The van der Waals surface area contributed by atoms with Crippen LogP contribution in [0.2, 0.25) is 0 Å². The molecule has 2 heterocycles. The summed E-state index contributed by atoms with van der Waals surface area (Å²) in [7, 11) is 0. The molecular formula is C13H7NO4. The van der Waals surface area contributed by atoms with Crippen molar-refractivity contribution in [1.29, 1.82) is 0 Å². The quantitative estimate of drug-likeness (QED) is 0.605. The van der Waals surface area contributed by atoms with Crippen LogP contribution in [0.25, 0.3) is 0 Å². The number of furan rings is 1. The molecule has 0 fully saturated rings. The second-order valence-electron chi connectivity index (χ2n) is 3.99. The largest absolute Gasteiger partial charge is 0.449 e. The summed E-state index contributed by atoms with van der Waals surface area (Å²) in [6, 6.07) is 2.81. The summed E-state index contributed by atoms with van der Waals surface area (Å²) in [5.41, 5.74) is 0.641. The molecule has 2 aromatic heterocycles. The minimum absolute atomic E-state index is 0.0162. The Labute approximate surface area is 101 Å². The van der Waals surface area contributed by atoms with Gasteiger partial charge in [-0.2, -0.15) is 0 Å². The molecule has 0 bridgehead atoms. The third kappa shape index (κ3) is 1.27. The fraction of sp³-hybridized carbons (Fsp3) is 0.0769. The van der Waals surface area contributed by atoms with Gasteiger partial charge in [-0.1, -0.05) is 0 Å². The summed E-state index contributed by atoms with van der Waals surface area (Å²) in [5, 5.41) is 0. The Morgan fingerprint density at radius 2 is 1.94 bits per heavy atom. The van der Waals surface area contributed by atoms with Crippen LogP contribution in [-0.4, -0.2) is 22.3 Å². The number of hydrogen-bond donors (Lipinski definition) is 0. The van der Waals surface area contributed by atoms with Crippen LogP contribution in [0.1, 0.15) is 49.5 Å². The van der Waals surface area contributed by atoms with E-state index < -0.39 is 5.78 Å². The fourth-order valence-electron chi connectivity index (χ4n) is 1.94. The van der Waals surface area contributed by atoms with Crippen LogP contribution in [0, 0.1) is 0 Å². The molecule has 1 aliphatic carbocycles. The van der Waals surface area contributed by atoms with E-state index in [4.69, 9.17) is 4.42 Å². The summed E-state index contributed by atoms with van der Waals surface area (Å²) in [6.07, 6.45) is 2.77. The highest BCUT2D eigenvalue weighted by Gasteiger charge is 2.34. The molecule has 0 aromatic carbocycles. The monoisotopic (exact) mass is 241 g/mol. The number of aromatic nitrogens is 1. The average Bonchev–Trinajstić information content (AvgIpc) is 2.81. The predicted molar refractivity (Wildman–Crippen MR) is 59.8 cm³/mol. The first kappa shape index (κ1) is 10.6. The van der Waals surface area contributed by atoms with Gasteiger partial charge < -0.3 is 4.42 Å². The summed E-state index contributed by atoms with van der Waals surface area (Å²) in [5.74, 6) is -1.13. The van der Waals surface area contributed by atoms with E-state index in [-0.39, 0.29) is 34.2 Å². The lowest BCUT2D eigenvalue weighted by molar-refractivity contribution is 0.0947. The second-order valence-corrected chi connectivity index (χ2v) is 3.99. The average molecular weight is 241 g/mol. The van der Waals surface area contributed by atoms with Gasteiger partial charge in [-0.15, -0.1) is 0 Å². The van der Waals surface area contributed by atoms with Gasteiger partial charge in [-0.3, -0.25) is 19.4 Å². The number of fused-ring (bicyclic) bond motifs is 2. The maximum Gasteiger partial charge on any atom is 0.231 e. The molecule has 0 radical (unpaired) electrons. The highest BCUT2D eigenvalue weighted by atomic mass is 16.4. The van der Waals surface area contributed by atoms with Gasteiger partial charge in [-0.05, 0) is 12.1 Å². The van der Waals surface area contributed by atoms with Gasteiger partial charge in [0.05, 0.1) is 11.1 Å². The molecule has 5 nitrogen and oxygen atoms in total. The minimum atomic E-state index is -0.416. The molecule has 1 aliphatic rings. The van der Waals surface area contributed by atoms with E-state index in [1.165, 1.54) is 31.5 Å². The van der Waals surface area contributed by atoms with Crippen molar-refractivity contribution in [3.8, 4) is 0 Å². The van der Waals surface area contributed by atoms with Gasteiger partial charge in [0.25, 0.3) is 0 Å². The van der Waals surface area contributed by atoms with E-state index in [1.807, 2.05) is 0 Å². The lowest BCUT2D eigenvalue weighted by Crippen LogP contribution is -2.19. The zero-order valence-corrected chi connectivity index (χ0v) is 9.39. The molecule has 0 saturated carbocycles. The molecule has 18 heavy (non-hydrogen) atoms. The van der Waals surface area contributed by atoms with Crippen molar-refractivity contribution in [1.82, 2.24) is 4.98 Å². The molecule has 2 aromatic rings. The molecular weight excluding hydrogens is 234 g/mol. The zero-order valence-electron chi connectivity index (χ0n) is 9.39. The number of carbonyl (C=O) groups excluding carboxylic acids is 3. The molecule has 5 heteroatoms. The van der Waals surface area contributed by atoms with Crippen LogP contribution in [-0.2, 0) is 0 Å². The molecule has 0 N–H and O–H groups in total. The summed E-state index contributed by atoms with van der Waals surface area (Å²) < 4.78 is 5.16. The maximum absolute atomic E-state index is 12.1. The van der Waals surface area contributed by atoms with E-state index in [2.05, 4.69) is 4.98 Å². The minimum Gasteiger partial charge on any atom is -0.449 e. The van der Waals surface area contributed by atoms with Gasteiger partial charge in [0.1, 0.15) is 0 Å². The van der Waals surface area contributed by atoms with E-state index in [1.54, 1.807) is 0 Å². The van der Waals surface area contributed by atoms with Crippen molar-refractivity contribution in [2.75, 3.05) is 0 Å². The van der Waals surface area contributed by atoms with E-state index >= 15 is 0 Å². The number of nitrogens with zero attached hydrogens (tertiary/aromatic N) is 1. The Kier molecular flexibility index (Phi) is 2.04. The van der Waals surface area contributed by atoms with Gasteiger partial charge >= 0.3 is 0 Å². The highest BCUT2D eigenvalue weighted by molar-refractivity contribution is 6.27. The van der Waals surface area contributed by atoms with Crippen molar-refractivity contribution >= 4 is 17.3 Å². The standard InChI is InChI=1S/C13H7NO4/c1-6(15)10-4-8-11(16)7-2-3-14-5-9(7)12(17)13(8)18-10/h2-5H,1H3. The number of rotatable bonds is 1. The van der Waals surface area contributed by atoms with E-state index in [0.717, 1.165) is 0 Å². The first-order valence-electron chi connectivity index (χ1n) is 5.28. The Bertz CT molecular complexity index is 659. The first-order valence-corrected chi connectivity index (χ1v) is 5.28. The van der Waals surface area contributed by atoms with Crippen molar-refractivity contribution in [3.63, 3.8) is 0 Å². The number of pyridine rings is 1. The van der Waals surface area contributed by atoms with Gasteiger partial charge in [0.2, 0.25) is 5.78 Å². The smallest absolute Gasteiger partial charge is 0.231 e. The molecule has 0 spiro atoms. The first-order chi connectivity index (χ1) is 8.59. The zero-order chi connectivity index (χ0) is 12.9. The van der Waals surface area contributed by atoms with Crippen LogP contribution in [0.3, 0.4) is 0 Å². The third-order valence-electron chi connectivity index (χ3n) is 2.84. The van der Waals surface area contributed by atoms with E-state index in [9.17, 15) is 14.4 Å². The van der Waals surface area contributed by atoms with Gasteiger partial charge in [-0.25, -0.2) is 0 Å². The van der Waals surface area contributed by atoms with Crippen LogP contribution in [0.15, 0.2) is 28.9 Å². The Balaban J connectivity index is 2.27. The van der Waals surface area contributed by atoms with Crippen molar-refractivity contribution in [2.24, 2.45) is 0 Å². The van der Waals surface area contributed by atoms with E-state index in [0.29, 0.717) is 5.56 Å². The van der Waals surface area contributed by atoms with Crippen LogP contribution in [0.4, 0.5) is 0 Å². The highest BCUT2D eigenvalue weighted by Crippen LogP contribution is 2.29. The molecule has 3 rings (SSSR count). The Hall–Kier alpha value is -2.56. The summed E-state index contributed by atoms with van der Waals surface area (Å²) in [4.78, 5) is 39.3. The van der Waals surface area contributed by atoms with Crippen molar-refractivity contribution in [2.45, 2.75) is 6.92 Å². The number of carbonyl (C=O) groups is 3. The fourth-order valence-corrected chi connectivity index (χ4v) is 1.94. The SMILES string of the molecule is CC(=O)c1cc2c(o1)C(=O)c1cnccc1C2=O. The van der Waals surface area contributed by atoms with Crippen LogP contribution in [0.5, 0.6) is 0 Å². The normalized spacial score (nSPS) is 13.2. The van der Waals surface area contributed by atoms with Crippen molar-refractivity contribution < 1.29 is 18.8 Å². The molecule has 88 valence electrons. The topological polar surface area (TPSA) is 77.2 Å². The summed E-state index contributed by atoms with van der Waals surface area (Å²) in [6.45, 7) is 1.31. The summed E-state index contributed by atoms with van der Waals surface area (Å²) >= 11 is 0. The van der Waals surface area contributed by atoms with Crippen molar-refractivity contribution in [3.05, 3.63) is 52.7 Å². The van der Waals surface area contributed by atoms with Gasteiger partial charge in [0.15, 0.2) is 23.1 Å². The van der Waals surface area contributed by atoms with Crippen LogP contribution < -0.4 is 0 Å². The molecule has 0 aliphatic heterocycles. The van der Waals surface area contributed by atoms with Crippen LogP contribution >= 0.6 is 0 Å². The number of Topliss-reactive ketones (excluding diaryl/α,β-unsaturated/α-hetero) is 1. The lowest BCUT2D eigenvalue weighted by Gasteiger charge is -2.11. The second kappa shape index (κ2) is 3.46. The lowest BCUT2D eigenvalue weighted by atomic mass is 9.90.